The van der Waals surface area contributed by atoms with Crippen LogP contribution < -0.4 is 5.32 Å². The zero-order chi connectivity index (χ0) is 14.8. The predicted molar refractivity (Wildman–Crippen MR) is 67.5 cm³/mol. The van der Waals surface area contributed by atoms with Crippen molar-refractivity contribution in [2.24, 2.45) is 0 Å². The molecule has 1 heterocycles. The first kappa shape index (κ1) is 15.1. The summed E-state index contributed by atoms with van der Waals surface area (Å²) in [6.07, 6.45) is -4.29. The second-order valence-corrected chi connectivity index (χ2v) is 4.76. The molecule has 0 saturated carbocycles. The van der Waals surface area contributed by atoms with E-state index in [1.54, 1.807) is 18.2 Å². The van der Waals surface area contributed by atoms with Crippen molar-refractivity contribution >= 4 is 23.2 Å². The van der Waals surface area contributed by atoms with Crippen molar-refractivity contribution in [1.29, 1.82) is 0 Å². The maximum Gasteiger partial charge on any atom is 0.401 e. The van der Waals surface area contributed by atoms with E-state index in [2.05, 4.69) is 15.5 Å². The molecule has 9 heteroatoms. The Morgan fingerprint density at radius 3 is 2.40 bits per heavy atom. The zero-order valence-electron chi connectivity index (χ0n) is 9.84. The first-order valence-electron chi connectivity index (χ1n) is 5.40. The largest absolute Gasteiger partial charge is 0.401 e. The van der Waals surface area contributed by atoms with Crippen LogP contribution in [0.5, 0.6) is 0 Å². The van der Waals surface area contributed by atoms with Gasteiger partial charge in [0.1, 0.15) is 0 Å². The van der Waals surface area contributed by atoms with Crippen LogP contribution in [0.4, 0.5) is 13.2 Å². The van der Waals surface area contributed by atoms with Crippen molar-refractivity contribution < 1.29 is 17.7 Å². The third-order valence-electron chi connectivity index (χ3n) is 2.19. The molecule has 2 aromatic rings. The van der Waals surface area contributed by atoms with E-state index in [0.717, 1.165) is 0 Å². The summed E-state index contributed by atoms with van der Waals surface area (Å²) in [6.45, 7) is -1.31. The fourth-order valence-electron chi connectivity index (χ4n) is 1.44. The highest BCUT2D eigenvalue weighted by Gasteiger charge is 2.26. The van der Waals surface area contributed by atoms with Crippen LogP contribution in [-0.2, 0) is 6.54 Å². The van der Waals surface area contributed by atoms with E-state index in [4.69, 9.17) is 27.7 Å². The molecule has 0 aliphatic carbocycles. The lowest BCUT2D eigenvalue weighted by Gasteiger charge is -2.05. The lowest BCUT2D eigenvalue weighted by molar-refractivity contribution is -0.125. The van der Waals surface area contributed by atoms with Gasteiger partial charge in [0.15, 0.2) is 0 Å². The topological polar surface area (TPSA) is 51.0 Å². The second kappa shape index (κ2) is 5.99. The normalized spacial score (nSPS) is 11.8. The van der Waals surface area contributed by atoms with Gasteiger partial charge < -0.3 is 9.84 Å². The third-order valence-corrected chi connectivity index (χ3v) is 2.63. The Kier molecular flexibility index (Phi) is 4.52. The van der Waals surface area contributed by atoms with Crippen LogP contribution in [0.2, 0.25) is 10.0 Å². The average molecular weight is 326 g/mol. The van der Waals surface area contributed by atoms with Crippen LogP contribution in [0.1, 0.15) is 5.89 Å². The van der Waals surface area contributed by atoms with E-state index in [0.29, 0.717) is 15.6 Å². The average Bonchev–Trinajstić information content (AvgIpc) is 2.74. The number of hydrogen-bond donors (Lipinski definition) is 1. The summed E-state index contributed by atoms with van der Waals surface area (Å²) in [4.78, 5) is 3.96. The number of rotatable bonds is 4. The fraction of sp³-hybridized carbons (Fsp3) is 0.273. The molecule has 1 N–H and O–H groups in total. The second-order valence-electron chi connectivity index (χ2n) is 3.89. The maximum absolute atomic E-state index is 12.0. The Labute approximate surface area is 121 Å². The van der Waals surface area contributed by atoms with Crippen LogP contribution in [-0.4, -0.2) is 22.9 Å². The van der Waals surface area contributed by atoms with Gasteiger partial charge in [0.05, 0.1) is 13.1 Å². The molecule has 0 bridgehead atoms. The highest BCUT2D eigenvalue weighted by Crippen LogP contribution is 2.25. The van der Waals surface area contributed by atoms with Crippen molar-refractivity contribution in [2.75, 3.05) is 6.54 Å². The van der Waals surface area contributed by atoms with Crippen LogP contribution in [0, 0.1) is 0 Å². The van der Waals surface area contributed by atoms with E-state index in [9.17, 15) is 13.2 Å². The molecule has 20 heavy (non-hydrogen) atoms. The van der Waals surface area contributed by atoms with Crippen molar-refractivity contribution in [1.82, 2.24) is 15.5 Å². The molecule has 0 unspecified atom stereocenters. The molecule has 1 aromatic carbocycles. The Hall–Kier alpha value is -1.31. The van der Waals surface area contributed by atoms with Crippen molar-refractivity contribution in [2.45, 2.75) is 12.7 Å². The standard InChI is InChI=1S/C11H8Cl2F3N3O/c12-7-1-6(2-8(13)3-7)10-18-9(20-19-10)4-17-5-11(14,15)16/h1-3,17H,4-5H2. The minimum absolute atomic E-state index is 0.0420. The minimum Gasteiger partial charge on any atom is -0.338 e. The molecule has 0 fully saturated rings. The van der Waals surface area contributed by atoms with Gasteiger partial charge in [-0.15, -0.1) is 0 Å². The summed E-state index contributed by atoms with van der Waals surface area (Å²) in [7, 11) is 0. The van der Waals surface area contributed by atoms with Gasteiger partial charge >= 0.3 is 6.18 Å². The van der Waals surface area contributed by atoms with Gasteiger partial charge in [0, 0.05) is 15.6 Å². The Balaban J connectivity index is 2.05. The Bertz CT molecular complexity index is 581. The number of nitrogens with zero attached hydrogens (tertiary/aromatic N) is 2. The number of aromatic nitrogens is 2. The molecule has 0 aliphatic heterocycles. The summed E-state index contributed by atoms with van der Waals surface area (Å²) >= 11 is 11.7. The summed E-state index contributed by atoms with van der Waals surface area (Å²) in [5.41, 5.74) is 0.522. The van der Waals surface area contributed by atoms with Gasteiger partial charge in [-0.25, -0.2) is 0 Å². The van der Waals surface area contributed by atoms with Gasteiger partial charge in [-0.3, -0.25) is 0 Å². The summed E-state index contributed by atoms with van der Waals surface area (Å²) in [6, 6.07) is 4.69. The lowest BCUT2D eigenvalue weighted by Crippen LogP contribution is -2.28. The zero-order valence-corrected chi connectivity index (χ0v) is 11.4. The van der Waals surface area contributed by atoms with Gasteiger partial charge in [0.2, 0.25) is 11.7 Å². The molecule has 0 amide bonds. The monoisotopic (exact) mass is 325 g/mol. The highest BCUT2D eigenvalue weighted by atomic mass is 35.5. The van der Waals surface area contributed by atoms with E-state index in [1.807, 2.05) is 0 Å². The Morgan fingerprint density at radius 2 is 1.80 bits per heavy atom. The molecule has 0 saturated heterocycles. The number of alkyl halides is 3. The quantitative estimate of drug-likeness (QED) is 0.931. The molecule has 1 aromatic heterocycles. The summed E-state index contributed by atoms with van der Waals surface area (Å²) < 4.78 is 40.7. The van der Waals surface area contributed by atoms with E-state index in [1.165, 1.54) is 0 Å². The fourth-order valence-corrected chi connectivity index (χ4v) is 1.96. The van der Waals surface area contributed by atoms with Crippen LogP contribution in [0.3, 0.4) is 0 Å². The molecule has 2 rings (SSSR count). The maximum atomic E-state index is 12.0. The Morgan fingerprint density at radius 1 is 1.15 bits per heavy atom. The van der Waals surface area contributed by atoms with Gasteiger partial charge in [-0.1, -0.05) is 28.4 Å². The van der Waals surface area contributed by atoms with Gasteiger partial charge in [-0.2, -0.15) is 18.2 Å². The molecule has 4 nitrogen and oxygen atoms in total. The van der Waals surface area contributed by atoms with E-state index < -0.39 is 12.7 Å². The van der Waals surface area contributed by atoms with Gasteiger partial charge in [-0.05, 0) is 18.2 Å². The smallest absolute Gasteiger partial charge is 0.338 e. The summed E-state index contributed by atoms with van der Waals surface area (Å²) in [5, 5.41) is 6.61. The molecular formula is C11H8Cl2F3N3O. The first-order valence-corrected chi connectivity index (χ1v) is 6.15. The third kappa shape index (κ3) is 4.36. The van der Waals surface area contributed by atoms with Crippen molar-refractivity contribution in [3.63, 3.8) is 0 Å². The minimum atomic E-state index is -4.29. The molecule has 0 spiro atoms. The molecular weight excluding hydrogens is 318 g/mol. The van der Waals surface area contributed by atoms with Crippen molar-refractivity contribution in [3.05, 3.63) is 34.1 Å². The summed E-state index contributed by atoms with van der Waals surface area (Å²) in [5.74, 6) is 0.249. The number of benzene rings is 1. The number of hydrogen-bond acceptors (Lipinski definition) is 4. The van der Waals surface area contributed by atoms with Gasteiger partial charge in [0.25, 0.3) is 0 Å². The van der Waals surface area contributed by atoms with E-state index in [-0.39, 0.29) is 18.3 Å². The first-order chi connectivity index (χ1) is 9.33. The number of nitrogens with one attached hydrogen (secondary N) is 1. The predicted octanol–water partition coefficient (Wildman–Crippen LogP) is 3.70. The van der Waals surface area contributed by atoms with E-state index >= 15 is 0 Å². The molecule has 0 radical (unpaired) electrons. The highest BCUT2D eigenvalue weighted by molar-refractivity contribution is 6.35. The molecule has 108 valence electrons. The van der Waals surface area contributed by atoms with Crippen LogP contribution >= 0.6 is 23.2 Å². The van der Waals surface area contributed by atoms with Crippen molar-refractivity contribution in [3.8, 4) is 11.4 Å². The van der Waals surface area contributed by atoms with Crippen LogP contribution in [0.15, 0.2) is 22.7 Å². The molecule has 0 atom stereocenters. The lowest BCUT2D eigenvalue weighted by atomic mass is 10.2. The SMILES string of the molecule is FC(F)(F)CNCc1nc(-c2cc(Cl)cc(Cl)c2)no1. The number of halogens is 5. The van der Waals surface area contributed by atoms with Crippen LogP contribution in [0.25, 0.3) is 11.4 Å². The molecule has 0 aliphatic rings.